The summed E-state index contributed by atoms with van der Waals surface area (Å²) in [6, 6.07) is 15.8. The van der Waals surface area contributed by atoms with Gasteiger partial charge >= 0.3 is 0 Å². The number of likely N-dealkylation sites (tertiary alicyclic amines) is 1. The minimum atomic E-state index is -1.44. The van der Waals surface area contributed by atoms with Crippen molar-refractivity contribution in [2.75, 3.05) is 62.7 Å². The van der Waals surface area contributed by atoms with E-state index in [4.69, 9.17) is 9.47 Å². The minimum absolute atomic E-state index is 0.0801. The van der Waals surface area contributed by atoms with Crippen LogP contribution < -0.4 is 15.0 Å². The molecule has 12 nitrogen and oxygen atoms in total. The number of hydrogen-bond acceptors (Lipinski definition) is 11. The summed E-state index contributed by atoms with van der Waals surface area (Å²) in [7, 11) is 0. The lowest BCUT2D eigenvalue weighted by atomic mass is 10.00. The van der Waals surface area contributed by atoms with Crippen molar-refractivity contribution < 1.29 is 23.5 Å². The van der Waals surface area contributed by atoms with E-state index in [-0.39, 0.29) is 42.4 Å². The maximum Gasteiger partial charge on any atom is 0.230 e. The van der Waals surface area contributed by atoms with Gasteiger partial charge in [0.25, 0.3) is 0 Å². The zero-order chi connectivity index (χ0) is 32.9. The van der Waals surface area contributed by atoms with Gasteiger partial charge in [-0.25, -0.2) is 14.4 Å². The lowest BCUT2D eigenvalue weighted by molar-refractivity contribution is -0.140. The molecular formula is C34H39FN8O4. The van der Waals surface area contributed by atoms with Gasteiger partial charge in [-0.15, -0.1) is 0 Å². The number of nitrogens with zero attached hydrogens (tertiary/aromatic N) is 7. The Morgan fingerprint density at radius 1 is 1.11 bits per heavy atom. The topological polar surface area (TPSA) is 137 Å². The highest BCUT2D eigenvalue weighted by molar-refractivity contribution is 5.85. The summed E-state index contributed by atoms with van der Waals surface area (Å²) in [5.41, 5.74) is 2.80. The Bertz CT molecular complexity index is 1620. The number of anilines is 3. The second-order valence-corrected chi connectivity index (χ2v) is 12.4. The molecule has 0 unspecified atom stereocenters. The first-order valence-electron chi connectivity index (χ1n) is 16.0. The summed E-state index contributed by atoms with van der Waals surface area (Å²) in [4.78, 5) is 43.5. The molecule has 6 rings (SSSR count). The van der Waals surface area contributed by atoms with Crippen molar-refractivity contribution in [2.45, 2.75) is 45.0 Å². The van der Waals surface area contributed by atoms with Crippen LogP contribution in [-0.2, 0) is 14.3 Å². The molecule has 13 heteroatoms. The number of carbonyl (C=O) groups excluding carboxylic acids is 2. The highest BCUT2D eigenvalue weighted by Crippen LogP contribution is 2.29. The van der Waals surface area contributed by atoms with E-state index in [1.54, 1.807) is 25.1 Å². The van der Waals surface area contributed by atoms with Crippen molar-refractivity contribution >= 4 is 29.0 Å². The Labute approximate surface area is 273 Å². The van der Waals surface area contributed by atoms with Gasteiger partial charge in [0.1, 0.15) is 30.0 Å². The molecule has 3 aromatic rings. The molecule has 246 valence electrons. The quantitative estimate of drug-likeness (QED) is 0.347. The predicted molar refractivity (Wildman–Crippen MR) is 173 cm³/mol. The first kappa shape index (κ1) is 32.3. The van der Waals surface area contributed by atoms with Gasteiger partial charge in [0.15, 0.2) is 12.0 Å². The van der Waals surface area contributed by atoms with E-state index in [1.807, 2.05) is 12.1 Å². The highest BCUT2D eigenvalue weighted by atomic mass is 19.1. The van der Waals surface area contributed by atoms with Crippen molar-refractivity contribution in [1.82, 2.24) is 24.8 Å². The Balaban J connectivity index is 1.05. The van der Waals surface area contributed by atoms with Crippen LogP contribution in [0, 0.1) is 17.2 Å². The van der Waals surface area contributed by atoms with Gasteiger partial charge in [0, 0.05) is 68.4 Å². The molecular weight excluding hydrogens is 603 g/mol. The number of alkyl halides is 1. The standard InChI is InChI=1S/C34H39FN8O4/c1-22(15-23(2)44)33(45)43-10-9-31(29(35)18-43)47-30-8-3-24(16-25(30)17-36)32-37-21-38-34(40-32)39-26-4-6-27(7-5-26)41-11-13-42(14-12-41)28-19-46-20-28/h3-8,16,21-22,28-29,31H,9-15,18-20H2,1-2H3,(H,37,38,39,40)/t22-,29-,31+/m1/s1. The fourth-order valence-electron chi connectivity index (χ4n) is 6.23. The van der Waals surface area contributed by atoms with E-state index >= 15 is 4.39 Å². The maximum atomic E-state index is 15.1. The minimum Gasteiger partial charge on any atom is -0.486 e. The van der Waals surface area contributed by atoms with Crippen LogP contribution in [0.3, 0.4) is 0 Å². The van der Waals surface area contributed by atoms with Crippen molar-refractivity contribution in [3.05, 3.63) is 54.4 Å². The van der Waals surface area contributed by atoms with Crippen LogP contribution in [0.4, 0.5) is 21.7 Å². The summed E-state index contributed by atoms with van der Waals surface area (Å²) in [6.07, 6.45) is -0.449. The van der Waals surface area contributed by atoms with E-state index in [0.717, 1.165) is 45.1 Å². The first-order chi connectivity index (χ1) is 22.8. The SMILES string of the molecule is CC(=O)C[C@@H](C)C(=O)N1CC[C@H](Oc2ccc(-c3ncnc(Nc4ccc(N5CCN(C6COC6)CC5)cc4)n3)cc2C#N)[C@H](F)C1. The molecule has 3 saturated heterocycles. The largest absolute Gasteiger partial charge is 0.486 e. The first-order valence-corrected chi connectivity index (χ1v) is 16.0. The van der Waals surface area contributed by atoms with Gasteiger partial charge < -0.3 is 29.4 Å². The second-order valence-electron chi connectivity index (χ2n) is 12.4. The number of nitriles is 1. The third-order valence-electron chi connectivity index (χ3n) is 8.96. The number of carbonyl (C=O) groups is 2. The second kappa shape index (κ2) is 14.4. The van der Waals surface area contributed by atoms with E-state index in [2.05, 4.69) is 48.3 Å². The number of piperidine rings is 1. The highest BCUT2D eigenvalue weighted by Gasteiger charge is 2.35. The molecule has 0 aliphatic carbocycles. The Morgan fingerprint density at radius 3 is 2.53 bits per heavy atom. The van der Waals surface area contributed by atoms with Gasteiger partial charge in [0.05, 0.1) is 31.4 Å². The van der Waals surface area contributed by atoms with Crippen LogP contribution in [0.1, 0.15) is 32.3 Å². The molecule has 0 bridgehead atoms. The lowest BCUT2D eigenvalue weighted by Gasteiger charge is -2.43. The molecule has 0 spiro atoms. The number of nitrogens with one attached hydrogen (secondary N) is 1. The van der Waals surface area contributed by atoms with E-state index < -0.39 is 18.2 Å². The number of aromatic nitrogens is 3. The van der Waals surface area contributed by atoms with Crippen LogP contribution in [0.5, 0.6) is 5.75 Å². The Kier molecular flexibility index (Phi) is 9.89. The Hall–Kier alpha value is -4.67. The number of halogens is 1. The van der Waals surface area contributed by atoms with E-state index in [9.17, 15) is 14.9 Å². The number of piperazine rings is 1. The zero-order valence-electron chi connectivity index (χ0n) is 26.6. The summed E-state index contributed by atoms with van der Waals surface area (Å²) in [5, 5.41) is 13.1. The third kappa shape index (κ3) is 7.66. The molecule has 3 aliphatic rings. The average molecular weight is 643 g/mol. The van der Waals surface area contributed by atoms with Crippen LogP contribution in [0.2, 0.25) is 0 Å². The molecule has 1 N–H and O–H groups in total. The molecule has 1 aromatic heterocycles. The molecule has 3 aliphatic heterocycles. The average Bonchev–Trinajstić information content (AvgIpc) is 3.05. The summed E-state index contributed by atoms with van der Waals surface area (Å²) in [5.74, 6) is 0.161. The van der Waals surface area contributed by atoms with Crippen LogP contribution in [0.25, 0.3) is 11.4 Å². The monoisotopic (exact) mass is 642 g/mol. The molecule has 2 aromatic carbocycles. The van der Waals surface area contributed by atoms with Crippen molar-refractivity contribution in [3.63, 3.8) is 0 Å². The summed E-state index contributed by atoms with van der Waals surface area (Å²) in [6.45, 7) is 9.01. The van der Waals surface area contributed by atoms with Crippen LogP contribution in [0.15, 0.2) is 48.8 Å². The van der Waals surface area contributed by atoms with E-state index in [1.165, 1.54) is 23.8 Å². The normalized spacial score (nSPS) is 21.0. The molecule has 4 heterocycles. The number of hydrogen-bond donors (Lipinski definition) is 1. The number of rotatable bonds is 10. The van der Waals surface area contributed by atoms with Gasteiger partial charge in [0.2, 0.25) is 11.9 Å². The molecule has 0 saturated carbocycles. The number of ketones is 1. The van der Waals surface area contributed by atoms with Gasteiger partial charge in [-0.2, -0.15) is 10.2 Å². The molecule has 47 heavy (non-hydrogen) atoms. The number of benzene rings is 2. The smallest absolute Gasteiger partial charge is 0.230 e. The van der Waals surface area contributed by atoms with Crippen molar-refractivity contribution in [3.8, 4) is 23.2 Å². The maximum absolute atomic E-state index is 15.1. The Morgan fingerprint density at radius 2 is 1.87 bits per heavy atom. The van der Waals surface area contributed by atoms with Gasteiger partial charge in [-0.3, -0.25) is 9.69 Å². The van der Waals surface area contributed by atoms with Crippen LogP contribution >= 0.6 is 0 Å². The van der Waals surface area contributed by atoms with Crippen molar-refractivity contribution in [1.29, 1.82) is 5.26 Å². The third-order valence-corrected chi connectivity index (χ3v) is 8.96. The number of ether oxygens (including phenoxy) is 2. The summed E-state index contributed by atoms with van der Waals surface area (Å²) < 4.78 is 26.4. The molecule has 3 fully saturated rings. The molecule has 1 amide bonds. The van der Waals surface area contributed by atoms with Gasteiger partial charge in [-0.05, 0) is 49.4 Å². The van der Waals surface area contributed by atoms with Crippen molar-refractivity contribution in [2.24, 2.45) is 5.92 Å². The summed E-state index contributed by atoms with van der Waals surface area (Å²) >= 11 is 0. The van der Waals surface area contributed by atoms with E-state index in [0.29, 0.717) is 29.9 Å². The fraction of sp³-hybridized carbons (Fsp3) is 0.471. The lowest BCUT2D eigenvalue weighted by Crippen LogP contribution is -2.56. The van der Waals surface area contributed by atoms with Crippen LogP contribution in [-0.4, -0.2) is 107 Å². The fourth-order valence-corrected chi connectivity index (χ4v) is 6.23. The molecule has 3 atom stereocenters. The van der Waals surface area contributed by atoms with Gasteiger partial charge in [-0.1, -0.05) is 6.92 Å². The number of Topliss-reactive ketones (excluding diaryl/α,β-unsaturated/α-hetero) is 1. The predicted octanol–water partition coefficient (Wildman–Crippen LogP) is 3.61. The zero-order valence-corrected chi connectivity index (χ0v) is 26.6. The molecule has 0 radical (unpaired) electrons. The number of amides is 1.